The molecule has 0 spiro atoms. The van der Waals surface area contributed by atoms with Gasteiger partial charge in [0.2, 0.25) is 0 Å². The number of hydrogen-bond donors (Lipinski definition) is 2. The van der Waals surface area contributed by atoms with Crippen LogP contribution in [-0.2, 0) is 4.74 Å². The summed E-state index contributed by atoms with van der Waals surface area (Å²) in [6.07, 6.45) is 5.50. The van der Waals surface area contributed by atoms with Crippen LogP contribution in [0.4, 0.5) is 9.80 Å². The number of rotatable bonds is 7. The first kappa shape index (κ1) is 22.2. The fourth-order valence-electron chi connectivity index (χ4n) is 3.83. The third-order valence-corrected chi connectivity index (χ3v) is 6.21. The number of esters is 1. The lowest BCUT2D eigenvalue weighted by atomic mass is 9.96. The Labute approximate surface area is 182 Å². The van der Waals surface area contributed by atoms with Crippen LogP contribution in [0.15, 0.2) is 24.3 Å². The van der Waals surface area contributed by atoms with E-state index in [0.717, 1.165) is 47.4 Å². The van der Waals surface area contributed by atoms with Crippen molar-refractivity contribution < 1.29 is 19.1 Å². The van der Waals surface area contributed by atoms with Gasteiger partial charge >= 0.3 is 12.0 Å². The van der Waals surface area contributed by atoms with E-state index in [4.69, 9.17) is 9.47 Å². The Balaban J connectivity index is 1.88. The molecule has 2 aromatic rings. The number of hydrogen-bond acceptors (Lipinski definition) is 5. The van der Waals surface area contributed by atoms with Crippen LogP contribution in [0.25, 0.3) is 11.1 Å². The van der Waals surface area contributed by atoms with E-state index in [-0.39, 0.29) is 18.7 Å². The molecule has 30 heavy (non-hydrogen) atoms. The molecule has 0 aliphatic heterocycles. The van der Waals surface area contributed by atoms with E-state index in [1.165, 1.54) is 17.8 Å². The van der Waals surface area contributed by atoms with Crippen LogP contribution in [-0.4, -0.2) is 31.3 Å². The van der Waals surface area contributed by atoms with E-state index in [9.17, 15) is 9.59 Å². The molecule has 162 valence electrons. The second-order valence-electron chi connectivity index (χ2n) is 7.35. The molecule has 1 saturated carbocycles. The van der Waals surface area contributed by atoms with Crippen molar-refractivity contribution in [2.45, 2.75) is 58.9 Å². The SMILES string of the molecule is CCOC(=O)c1c(NC(=O)NC2CCCCC2)sc(C)c1-c1ccc(OCC)cc1. The molecule has 0 unspecified atom stereocenters. The number of benzene rings is 1. The minimum Gasteiger partial charge on any atom is -0.494 e. The Morgan fingerprint density at radius 2 is 1.77 bits per heavy atom. The number of thiophene rings is 1. The van der Waals surface area contributed by atoms with Crippen LogP contribution in [0.1, 0.15) is 61.2 Å². The highest BCUT2D eigenvalue weighted by atomic mass is 32.1. The summed E-state index contributed by atoms with van der Waals surface area (Å²) in [4.78, 5) is 26.3. The summed E-state index contributed by atoms with van der Waals surface area (Å²) in [5, 5.41) is 6.46. The molecule has 0 saturated heterocycles. The Hall–Kier alpha value is -2.54. The van der Waals surface area contributed by atoms with Gasteiger partial charge in [0.1, 0.15) is 16.3 Å². The average Bonchev–Trinajstić information content (AvgIpc) is 3.05. The van der Waals surface area contributed by atoms with Crippen LogP contribution < -0.4 is 15.4 Å². The van der Waals surface area contributed by atoms with Gasteiger partial charge in [0, 0.05) is 16.5 Å². The van der Waals surface area contributed by atoms with Crippen LogP contribution in [0, 0.1) is 6.92 Å². The summed E-state index contributed by atoms with van der Waals surface area (Å²) in [5.74, 6) is 0.343. The molecule has 2 N–H and O–H groups in total. The highest BCUT2D eigenvalue weighted by Gasteiger charge is 2.26. The van der Waals surface area contributed by atoms with E-state index in [1.807, 2.05) is 38.1 Å². The lowest BCUT2D eigenvalue weighted by Gasteiger charge is -2.22. The average molecular weight is 431 g/mol. The Morgan fingerprint density at radius 3 is 2.40 bits per heavy atom. The molecule has 0 bridgehead atoms. The Kier molecular flexibility index (Phi) is 7.74. The first-order valence-electron chi connectivity index (χ1n) is 10.6. The standard InChI is InChI=1S/C23H30N2O4S/c1-4-28-18-13-11-16(12-14-18)19-15(3)30-21(20(19)22(26)29-5-2)25-23(27)24-17-9-7-6-8-10-17/h11-14,17H,4-10H2,1-3H3,(H2,24,25,27). The van der Waals surface area contributed by atoms with Gasteiger partial charge in [0.15, 0.2) is 0 Å². The first-order valence-corrected chi connectivity index (χ1v) is 11.5. The second-order valence-corrected chi connectivity index (χ2v) is 8.57. The summed E-state index contributed by atoms with van der Waals surface area (Å²) < 4.78 is 10.8. The van der Waals surface area contributed by atoms with E-state index in [0.29, 0.717) is 17.2 Å². The molecule has 0 atom stereocenters. The minimum absolute atomic E-state index is 0.191. The number of nitrogens with one attached hydrogen (secondary N) is 2. The number of carbonyl (C=O) groups is 2. The molecular weight excluding hydrogens is 400 g/mol. The highest BCUT2D eigenvalue weighted by molar-refractivity contribution is 7.17. The van der Waals surface area contributed by atoms with Gasteiger partial charge < -0.3 is 14.8 Å². The summed E-state index contributed by atoms with van der Waals surface area (Å²) in [7, 11) is 0. The van der Waals surface area contributed by atoms with Gasteiger partial charge in [0.05, 0.1) is 13.2 Å². The van der Waals surface area contributed by atoms with E-state index >= 15 is 0 Å². The number of ether oxygens (including phenoxy) is 2. The fourth-order valence-corrected chi connectivity index (χ4v) is 4.89. The minimum atomic E-state index is -0.432. The lowest BCUT2D eigenvalue weighted by molar-refractivity contribution is 0.0529. The van der Waals surface area contributed by atoms with Crippen molar-refractivity contribution in [2.75, 3.05) is 18.5 Å². The van der Waals surface area contributed by atoms with Gasteiger partial charge in [-0.1, -0.05) is 31.4 Å². The van der Waals surface area contributed by atoms with E-state index < -0.39 is 5.97 Å². The lowest BCUT2D eigenvalue weighted by Crippen LogP contribution is -2.39. The number of aryl methyl sites for hydroxylation is 1. The zero-order valence-corrected chi connectivity index (χ0v) is 18.7. The number of urea groups is 1. The number of carbonyl (C=O) groups excluding carboxylic acids is 2. The molecule has 7 heteroatoms. The molecule has 6 nitrogen and oxygen atoms in total. The fraction of sp³-hybridized carbons (Fsp3) is 0.478. The molecule has 3 rings (SSSR count). The van der Waals surface area contributed by atoms with Crippen molar-refractivity contribution in [1.29, 1.82) is 0 Å². The van der Waals surface area contributed by atoms with Gasteiger partial charge in [-0.15, -0.1) is 11.3 Å². The predicted octanol–water partition coefficient (Wildman–Crippen LogP) is 5.75. The van der Waals surface area contributed by atoms with Crippen molar-refractivity contribution in [3.05, 3.63) is 34.7 Å². The van der Waals surface area contributed by atoms with Crippen molar-refractivity contribution in [2.24, 2.45) is 0 Å². The second kappa shape index (κ2) is 10.5. The maximum absolute atomic E-state index is 12.8. The van der Waals surface area contributed by atoms with E-state index in [1.54, 1.807) is 6.92 Å². The zero-order chi connectivity index (χ0) is 21.5. The normalized spacial score (nSPS) is 14.2. The van der Waals surface area contributed by atoms with E-state index in [2.05, 4.69) is 10.6 Å². The quantitative estimate of drug-likeness (QED) is 0.548. The van der Waals surface area contributed by atoms with Gasteiger partial charge in [-0.3, -0.25) is 5.32 Å². The predicted molar refractivity (Wildman–Crippen MR) is 121 cm³/mol. The molecule has 1 aromatic heterocycles. The number of anilines is 1. The van der Waals surface area contributed by atoms with Crippen molar-refractivity contribution in [3.8, 4) is 16.9 Å². The molecular formula is C23H30N2O4S. The number of amides is 2. The molecule has 1 aromatic carbocycles. The third kappa shape index (κ3) is 5.33. The molecule has 1 aliphatic carbocycles. The summed E-state index contributed by atoms with van der Waals surface area (Å²) in [5.41, 5.74) is 2.08. The van der Waals surface area contributed by atoms with Crippen molar-refractivity contribution in [1.82, 2.24) is 5.32 Å². The topological polar surface area (TPSA) is 76.7 Å². The molecule has 2 amide bonds. The zero-order valence-electron chi connectivity index (χ0n) is 17.9. The van der Waals surface area contributed by atoms with Gasteiger partial charge in [-0.25, -0.2) is 9.59 Å². The summed E-state index contributed by atoms with van der Waals surface area (Å²) in [6.45, 7) is 6.52. The van der Waals surface area contributed by atoms with Crippen LogP contribution in [0.3, 0.4) is 0 Å². The molecule has 1 aliphatic rings. The van der Waals surface area contributed by atoms with Crippen molar-refractivity contribution in [3.63, 3.8) is 0 Å². The Morgan fingerprint density at radius 1 is 1.07 bits per heavy atom. The monoisotopic (exact) mass is 430 g/mol. The van der Waals surface area contributed by atoms with Crippen LogP contribution >= 0.6 is 11.3 Å². The third-order valence-electron chi connectivity index (χ3n) is 5.19. The highest BCUT2D eigenvalue weighted by Crippen LogP contribution is 2.41. The Bertz CT molecular complexity index is 870. The first-order chi connectivity index (χ1) is 14.5. The maximum atomic E-state index is 12.8. The van der Waals surface area contributed by atoms with Crippen molar-refractivity contribution >= 4 is 28.3 Å². The maximum Gasteiger partial charge on any atom is 0.341 e. The largest absolute Gasteiger partial charge is 0.494 e. The summed E-state index contributed by atoms with van der Waals surface area (Å²) >= 11 is 1.39. The smallest absolute Gasteiger partial charge is 0.341 e. The van der Waals surface area contributed by atoms with Gasteiger partial charge in [-0.05, 0) is 51.3 Å². The van der Waals surface area contributed by atoms with Crippen LogP contribution in [0.2, 0.25) is 0 Å². The molecule has 0 radical (unpaired) electrons. The van der Waals surface area contributed by atoms with Gasteiger partial charge in [-0.2, -0.15) is 0 Å². The van der Waals surface area contributed by atoms with Gasteiger partial charge in [0.25, 0.3) is 0 Å². The van der Waals surface area contributed by atoms with Crippen LogP contribution in [0.5, 0.6) is 5.75 Å². The molecule has 1 fully saturated rings. The molecule has 1 heterocycles. The summed E-state index contributed by atoms with van der Waals surface area (Å²) in [6, 6.07) is 7.54.